The van der Waals surface area contributed by atoms with Gasteiger partial charge in [0.05, 0.1) is 6.61 Å². The van der Waals surface area contributed by atoms with E-state index in [1.54, 1.807) is 24.5 Å². The molecule has 2 aromatic rings. The largest absolute Gasteiger partial charge is 0.494 e. The molecule has 1 saturated heterocycles. The van der Waals surface area contributed by atoms with Gasteiger partial charge in [0.2, 0.25) is 5.91 Å². The highest BCUT2D eigenvalue weighted by Gasteiger charge is 2.22. The first-order valence-corrected chi connectivity index (χ1v) is 9.39. The summed E-state index contributed by atoms with van der Waals surface area (Å²) in [5, 5.41) is 0. The normalized spacial score (nSPS) is 14.5. The third-order valence-corrected chi connectivity index (χ3v) is 4.61. The van der Waals surface area contributed by atoms with E-state index in [1.807, 2.05) is 40.1 Å². The lowest BCUT2D eigenvalue weighted by Gasteiger charge is -2.22. The standard InChI is InChI=1S/C21H25N3O3/c25-20(8-4-17-27-19-6-2-1-3-7-19)23-13-5-14-24(16-15-23)21(26)18-9-11-22-12-10-18/h1-3,6-7,9-12H,4-5,8,13-17H2. The van der Waals surface area contributed by atoms with Crippen LogP contribution in [0.4, 0.5) is 0 Å². The first-order chi connectivity index (χ1) is 13.2. The molecule has 2 heterocycles. The fraction of sp³-hybridized carbons (Fsp3) is 0.381. The third kappa shape index (κ3) is 5.54. The Balaban J connectivity index is 1.42. The van der Waals surface area contributed by atoms with E-state index in [9.17, 15) is 9.59 Å². The predicted molar refractivity (Wildman–Crippen MR) is 103 cm³/mol. The van der Waals surface area contributed by atoms with Crippen LogP contribution in [-0.4, -0.2) is 59.4 Å². The van der Waals surface area contributed by atoms with Crippen LogP contribution in [0.25, 0.3) is 0 Å². The maximum absolute atomic E-state index is 12.6. The Hall–Kier alpha value is -2.89. The number of para-hydroxylation sites is 1. The number of pyridine rings is 1. The van der Waals surface area contributed by atoms with Crippen LogP contribution >= 0.6 is 0 Å². The first-order valence-electron chi connectivity index (χ1n) is 9.39. The molecule has 6 heteroatoms. The lowest BCUT2D eigenvalue weighted by Crippen LogP contribution is -2.37. The van der Waals surface area contributed by atoms with Crippen LogP contribution in [0.5, 0.6) is 5.75 Å². The molecular formula is C21H25N3O3. The molecule has 0 atom stereocenters. The molecule has 27 heavy (non-hydrogen) atoms. The molecule has 0 aliphatic carbocycles. The van der Waals surface area contributed by atoms with E-state index in [0.717, 1.165) is 12.2 Å². The third-order valence-electron chi connectivity index (χ3n) is 4.61. The second kappa shape index (κ2) is 9.71. The van der Waals surface area contributed by atoms with Crippen molar-refractivity contribution < 1.29 is 14.3 Å². The lowest BCUT2D eigenvalue weighted by atomic mass is 10.2. The maximum Gasteiger partial charge on any atom is 0.254 e. The van der Waals surface area contributed by atoms with Gasteiger partial charge in [-0.05, 0) is 37.1 Å². The highest BCUT2D eigenvalue weighted by Crippen LogP contribution is 2.12. The first kappa shape index (κ1) is 18.9. The minimum atomic E-state index is 0.00274. The van der Waals surface area contributed by atoms with Crippen molar-refractivity contribution in [3.05, 3.63) is 60.4 Å². The Morgan fingerprint density at radius 3 is 2.41 bits per heavy atom. The molecule has 0 unspecified atom stereocenters. The Morgan fingerprint density at radius 1 is 0.926 bits per heavy atom. The van der Waals surface area contributed by atoms with Gasteiger partial charge in [0.1, 0.15) is 5.75 Å². The summed E-state index contributed by atoms with van der Waals surface area (Å²) < 4.78 is 5.64. The zero-order valence-corrected chi connectivity index (χ0v) is 15.4. The number of carbonyl (C=O) groups excluding carboxylic acids is 2. The van der Waals surface area contributed by atoms with Crippen LogP contribution in [0.15, 0.2) is 54.9 Å². The van der Waals surface area contributed by atoms with Crippen molar-refractivity contribution in [1.29, 1.82) is 0 Å². The average molecular weight is 367 g/mol. The number of aromatic nitrogens is 1. The van der Waals surface area contributed by atoms with Crippen molar-refractivity contribution in [3.8, 4) is 5.75 Å². The Bertz CT molecular complexity index is 737. The Labute approximate surface area is 159 Å². The highest BCUT2D eigenvalue weighted by molar-refractivity contribution is 5.94. The van der Waals surface area contributed by atoms with Crippen molar-refractivity contribution in [2.45, 2.75) is 19.3 Å². The summed E-state index contributed by atoms with van der Waals surface area (Å²) in [5.74, 6) is 0.956. The highest BCUT2D eigenvalue weighted by atomic mass is 16.5. The van der Waals surface area contributed by atoms with Crippen LogP contribution in [0.3, 0.4) is 0 Å². The topological polar surface area (TPSA) is 62.7 Å². The van der Waals surface area contributed by atoms with E-state index in [2.05, 4.69) is 4.98 Å². The van der Waals surface area contributed by atoms with Gasteiger partial charge in [-0.15, -0.1) is 0 Å². The second-order valence-electron chi connectivity index (χ2n) is 6.53. The quantitative estimate of drug-likeness (QED) is 0.737. The SMILES string of the molecule is O=C(CCCOc1ccccc1)N1CCCN(C(=O)c2ccncc2)CC1. The number of hydrogen-bond acceptors (Lipinski definition) is 4. The second-order valence-corrected chi connectivity index (χ2v) is 6.53. The summed E-state index contributed by atoms with van der Waals surface area (Å²) in [4.78, 5) is 32.7. The van der Waals surface area contributed by atoms with Crippen molar-refractivity contribution in [2.24, 2.45) is 0 Å². The summed E-state index contributed by atoms with van der Waals surface area (Å²) >= 11 is 0. The molecule has 1 fully saturated rings. The fourth-order valence-electron chi connectivity index (χ4n) is 3.14. The van der Waals surface area contributed by atoms with Crippen LogP contribution in [-0.2, 0) is 4.79 Å². The van der Waals surface area contributed by atoms with E-state index < -0.39 is 0 Å². The zero-order chi connectivity index (χ0) is 18.9. The maximum atomic E-state index is 12.6. The van der Waals surface area contributed by atoms with Gasteiger partial charge in [-0.2, -0.15) is 0 Å². The van der Waals surface area contributed by atoms with Gasteiger partial charge in [-0.1, -0.05) is 18.2 Å². The average Bonchev–Trinajstić information content (AvgIpc) is 2.98. The van der Waals surface area contributed by atoms with Crippen molar-refractivity contribution in [3.63, 3.8) is 0 Å². The van der Waals surface area contributed by atoms with Gasteiger partial charge in [0, 0.05) is 50.6 Å². The van der Waals surface area contributed by atoms with E-state index in [1.165, 1.54) is 0 Å². The summed E-state index contributed by atoms with van der Waals surface area (Å²) in [6.07, 6.45) is 5.19. The molecule has 1 aromatic carbocycles. The summed E-state index contributed by atoms with van der Waals surface area (Å²) in [6, 6.07) is 13.1. The van der Waals surface area contributed by atoms with Crippen LogP contribution in [0, 0.1) is 0 Å². The summed E-state index contributed by atoms with van der Waals surface area (Å²) in [5.41, 5.74) is 0.642. The monoisotopic (exact) mass is 367 g/mol. The molecule has 0 spiro atoms. The smallest absolute Gasteiger partial charge is 0.254 e. The number of amides is 2. The van der Waals surface area contributed by atoms with Crippen molar-refractivity contribution in [2.75, 3.05) is 32.8 Å². The van der Waals surface area contributed by atoms with Crippen molar-refractivity contribution in [1.82, 2.24) is 14.8 Å². The molecule has 6 nitrogen and oxygen atoms in total. The number of ether oxygens (including phenoxy) is 1. The van der Waals surface area contributed by atoms with Gasteiger partial charge in [0.15, 0.2) is 0 Å². The molecule has 142 valence electrons. The van der Waals surface area contributed by atoms with Crippen LogP contribution in [0.1, 0.15) is 29.6 Å². The molecule has 2 amide bonds. The summed E-state index contributed by atoms with van der Waals surface area (Å²) in [7, 11) is 0. The fourth-order valence-corrected chi connectivity index (χ4v) is 3.14. The van der Waals surface area contributed by atoms with Gasteiger partial charge in [-0.25, -0.2) is 0 Å². The van der Waals surface area contributed by atoms with E-state index in [4.69, 9.17) is 4.74 Å². The molecule has 0 radical (unpaired) electrons. The molecule has 0 saturated carbocycles. The number of benzene rings is 1. The van der Waals surface area contributed by atoms with Gasteiger partial charge in [0.25, 0.3) is 5.91 Å². The van der Waals surface area contributed by atoms with Gasteiger partial charge in [-0.3, -0.25) is 14.6 Å². The van der Waals surface area contributed by atoms with Gasteiger partial charge < -0.3 is 14.5 Å². The molecule has 3 rings (SSSR count). The predicted octanol–water partition coefficient (Wildman–Crippen LogP) is 2.62. The van der Waals surface area contributed by atoms with E-state index in [0.29, 0.717) is 51.2 Å². The molecular weight excluding hydrogens is 342 g/mol. The molecule has 0 bridgehead atoms. The molecule has 1 aliphatic heterocycles. The van der Waals surface area contributed by atoms with Crippen LogP contribution in [0.2, 0.25) is 0 Å². The van der Waals surface area contributed by atoms with E-state index >= 15 is 0 Å². The lowest BCUT2D eigenvalue weighted by molar-refractivity contribution is -0.131. The Morgan fingerprint density at radius 2 is 1.63 bits per heavy atom. The molecule has 0 N–H and O–H groups in total. The summed E-state index contributed by atoms with van der Waals surface area (Å²) in [6.45, 7) is 3.03. The van der Waals surface area contributed by atoms with E-state index in [-0.39, 0.29) is 11.8 Å². The molecule has 1 aromatic heterocycles. The number of rotatable bonds is 6. The van der Waals surface area contributed by atoms with Gasteiger partial charge >= 0.3 is 0 Å². The van der Waals surface area contributed by atoms with Crippen LogP contribution < -0.4 is 4.74 Å². The minimum absolute atomic E-state index is 0.00274. The minimum Gasteiger partial charge on any atom is -0.494 e. The molecule has 1 aliphatic rings. The number of nitrogens with zero attached hydrogens (tertiary/aromatic N) is 3. The number of carbonyl (C=O) groups is 2. The number of hydrogen-bond donors (Lipinski definition) is 0. The Kier molecular flexibility index (Phi) is 6.79. The zero-order valence-electron chi connectivity index (χ0n) is 15.4. The van der Waals surface area contributed by atoms with Crippen molar-refractivity contribution >= 4 is 11.8 Å².